The number of hydrogen-bond acceptors (Lipinski definition) is 4. The lowest BCUT2D eigenvalue weighted by atomic mass is 9.98. The quantitative estimate of drug-likeness (QED) is 0.851. The third kappa shape index (κ3) is 3.10. The summed E-state index contributed by atoms with van der Waals surface area (Å²) in [5.41, 5.74) is 9.04. The van der Waals surface area contributed by atoms with Gasteiger partial charge in [0.2, 0.25) is 0 Å². The fraction of sp³-hybridized carbons (Fsp3) is 0.471. The number of pyridine rings is 1. The predicted molar refractivity (Wildman–Crippen MR) is 89.6 cm³/mol. The van der Waals surface area contributed by atoms with Gasteiger partial charge in [-0.05, 0) is 57.5 Å². The molecule has 1 aromatic carbocycles. The first-order valence-corrected chi connectivity index (χ1v) is 7.71. The standard InChI is InChI=1S/C17H24N4/c1-12-8-14-15(10-19-12)16(18)5-6-17(14)20-9-13-4-3-7-21(2)11-13/h5-6,8,10,13,20H,3-4,7,9,11,18H2,1-2H3. The van der Waals surface area contributed by atoms with Crippen LogP contribution in [0.2, 0.25) is 0 Å². The average Bonchev–Trinajstić information content (AvgIpc) is 2.46. The minimum absolute atomic E-state index is 0.722. The summed E-state index contributed by atoms with van der Waals surface area (Å²) in [6, 6.07) is 6.17. The van der Waals surface area contributed by atoms with Gasteiger partial charge in [0.15, 0.2) is 0 Å². The van der Waals surface area contributed by atoms with E-state index in [0.29, 0.717) is 0 Å². The number of aryl methyl sites for hydroxylation is 1. The molecule has 4 nitrogen and oxygen atoms in total. The minimum atomic E-state index is 0.722. The molecule has 1 aliphatic rings. The van der Waals surface area contributed by atoms with Crippen molar-refractivity contribution in [1.82, 2.24) is 9.88 Å². The molecule has 2 heterocycles. The van der Waals surface area contributed by atoms with Gasteiger partial charge in [-0.25, -0.2) is 0 Å². The average molecular weight is 284 g/mol. The van der Waals surface area contributed by atoms with Crippen molar-refractivity contribution < 1.29 is 0 Å². The second kappa shape index (κ2) is 5.90. The lowest BCUT2D eigenvalue weighted by molar-refractivity contribution is 0.217. The molecule has 4 heteroatoms. The zero-order valence-electron chi connectivity index (χ0n) is 12.9. The molecule has 0 bridgehead atoms. The van der Waals surface area contributed by atoms with Crippen molar-refractivity contribution in [3.05, 3.63) is 30.1 Å². The van der Waals surface area contributed by atoms with E-state index in [1.54, 1.807) is 0 Å². The largest absolute Gasteiger partial charge is 0.398 e. The molecule has 0 saturated carbocycles. The summed E-state index contributed by atoms with van der Waals surface area (Å²) in [7, 11) is 2.21. The zero-order valence-corrected chi connectivity index (χ0v) is 12.9. The Kier molecular flexibility index (Phi) is 3.97. The summed E-state index contributed by atoms with van der Waals surface area (Å²) < 4.78 is 0. The molecule has 1 atom stereocenters. The van der Waals surface area contributed by atoms with Gasteiger partial charge in [-0.2, -0.15) is 0 Å². The maximum Gasteiger partial charge on any atom is 0.0422 e. The molecule has 1 fully saturated rings. The number of anilines is 2. The van der Waals surface area contributed by atoms with Crippen LogP contribution in [0.15, 0.2) is 24.4 Å². The highest BCUT2D eigenvalue weighted by atomic mass is 15.1. The molecular weight excluding hydrogens is 260 g/mol. The Bertz CT molecular complexity index is 638. The number of aromatic nitrogens is 1. The van der Waals surface area contributed by atoms with Crippen molar-refractivity contribution in [3.63, 3.8) is 0 Å². The number of nitrogens with one attached hydrogen (secondary N) is 1. The van der Waals surface area contributed by atoms with Gasteiger partial charge in [0.05, 0.1) is 0 Å². The fourth-order valence-corrected chi connectivity index (χ4v) is 3.21. The maximum absolute atomic E-state index is 6.06. The second-order valence-corrected chi connectivity index (χ2v) is 6.23. The van der Waals surface area contributed by atoms with E-state index in [0.717, 1.165) is 34.9 Å². The number of hydrogen-bond donors (Lipinski definition) is 2. The first-order valence-electron chi connectivity index (χ1n) is 7.71. The first-order chi connectivity index (χ1) is 10.1. The number of nitrogens with two attached hydrogens (primary N) is 1. The van der Waals surface area contributed by atoms with Gasteiger partial charge in [-0.15, -0.1) is 0 Å². The zero-order chi connectivity index (χ0) is 14.8. The van der Waals surface area contributed by atoms with Crippen LogP contribution in [0.3, 0.4) is 0 Å². The number of fused-ring (bicyclic) bond motifs is 1. The molecule has 0 aliphatic carbocycles. The summed E-state index contributed by atoms with van der Waals surface area (Å²) in [5.74, 6) is 0.722. The lowest BCUT2D eigenvalue weighted by Crippen LogP contribution is -2.35. The van der Waals surface area contributed by atoms with Crippen molar-refractivity contribution in [2.24, 2.45) is 5.92 Å². The normalized spacial score (nSPS) is 19.8. The highest BCUT2D eigenvalue weighted by Gasteiger charge is 2.17. The van der Waals surface area contributed by atoms with Crippen molar-refractivity contribution in [2.45, 2.75) is 19.8 Å². The molecule has 1 aliphatic heterocycles. The fourth-order valence-electron chi connectivity index (χ4n) is 3.21. The molecule has 0 spiro atoms. The maximum atomic E-state index is 6.06. The van der Waals surface area contributed by atoms with Crippen LogP contribution >= 0.6 is 0 Å². The van der Waals surface area contributed by atoms with Gasteiger partial charge >= 0.3 is 0 Å². The topological polar surface area (TPSA) is 54.2 Å². The van der Waals surface area contributed by atoms with E-state index in [1.165, 1.54) is 31.3 Å². The van der Waals surface area contributed by atoms with Crippen LogP contribution in [-0.2, 0) is 0 Å². The number of piperidine rings is 1. The Morgan fingerprint density at radius 3 is 3.05 bits per heavy atom. The molecule has 112 valence electrons. The van der Waals surface area contributed by atoms with Crippen LogP contribution in [0.1, 0.15) is 18.5 Å². The van der Waals surface area contributed by atoms with Crippen molar-refractivity contribution in [2.75, 3.05) is 37.7 Å². The summed E-state index contributed by atoms with van der Waals surface area (Å²) in [4.78, 5) is 6.78. The van der Waals surface area contributed by atoms with Gasteiger partial charge in [0.25, 0.3) is 0 Å². The molecule has 3 rings (SSSR count). The van der Waals surface area contributed by atoms with Crippen LogP contribution in [-0.4, -0.2) is 36.6 Å². The Balaban J connectivity index is 1.80. The number of nitrogen functional groups attached to an aromatic ring is 1. The molecule has 2 aromatic rings. The molecule has 3 N–H and O–H groups in total. The summed E-state index contributed by atoms with van der Waals surface area (Å²) >= 11 is 0. The number of nitrogens with zero attached hydrogens (tertiary/aromatic N) is 2. The Morgan fingerprint density at radius 1 is 1.38 bits per heavy atom. The highest BCUT2D eigenvalue weighted by Crippen LogP contribution is 2.29. The van der Waals surface area contributed by atoms with Crippen LogP contribution in [0.4, 0.5) is 11.4 Å². The van der Waals surface area contributed by atoms with E-state index in [2.05, 4.69) is 34.4 Å². The van der Waals surface area contributed by atoms with Gasteiger partial charge in [-0.3, -0.25) is 4.98 Å². The van der Waals surface area contributed by atoms with Crippen LogP contribution in [0.25, 0.3) is 10.8 Å². The van der Waals surface area contributed by atoms with Gasteiger partial charge in [0, 0.05) is 47.1 Å². The number of likely N-dealkylation sites (tertiary alicyclic amines) is 1. The van der Waals surface area contributed by atoms with E-state index in [-0.39, 0.29) is 0 Å². The van der Waals surface area contributed by atoms with E-state index in [9.17, 15) is 0 Å². The van der Waals surface area contributed by atoms with Crippen LogP contribution in [0, 0.1) is 12.8 Å². The summed E-state index contributed by atoms with van der Waals surface area (Å²) in [6.45, 7) is 5.44. The third-order valence-corrected chi connectivity index (χ3v) is 4.37. The van der Waals surface area contributed by atoms with Gasteiger partial charge in [0.1, 0.15) is 0 Å². The summed E-state index contributed by atoms with van der Waals surface area (Å²) in [6.07, 6.45) is 4.48. The van der Waals surface area contributed by atoms with Crippen molar-refractivity contribution >= 4 is 22.1 Å². The molecule has 1 saturated heterocycles. The minimum Gasteiger partial charge on any atom is -0.398 e. The molecular formula is C17H24N4. The molecule has 1 unspecified atom stereocenters. The number of benzene rings is 1. The summed E-state index contributed by atoms with van der Waals surface area (Å²) in [5, 5.41) is 5.83. The highest BCUT2D eigenvalue weighted by molar-refractivity contribution is 6.00. The van der Waals surface area contributed by atoms with E-state index in [1.807, 2.05) is 19.2 Å². The molecule has 21 heavy (non-hydrogen) atoms. The smallest absolute Gasteiger partial charge is 0.0422 e. The van der Waals surface area contributed by atoms with Gasteiger partial charge in [-0.1, -0.05) is 0 Å². The van der Waals surface area contributed by atoms with Crippen LogP contribution < -0.4 is 11.1 Å². The van der Waals surface area contributed by atoms with Crippen molar-refractivity contribution in [1.29, 1.82) is 0 Å². The van der Waals surface area contributed by atoms with E-state index in [4.69, 9.17) is 5.73 Å². The van der Waals surface area contributed by atoms with Gasteiger partial charge < -0.3 is 16.0 Å². The molecule has 0 radical (unpaired) electrons. The van der Waals surface area contributed by atoms with E-state index >= 15 is 0 Å². The van der Waals surface area contributed by atoms with E-state index < -0.39 is 0 Å². The first kappa shape index (κ1) is 14.1. The van der Waals surface area contributed by atoms with Crippen LogP contribution in [0.5, 0.6) is 0 Å². The lowest BCUT2D eigenvalue weighted by Gasteiger charge is -2.30. The SMILES string of the molecule is Cc1cc2c(NCC3CCCN(C)C3)ccc(N)c2cn1. The molecule has 1 aromatic heterocycles. The number of rotatable bonds is 3. The second-order valence-electron chi connectivity index (χ2n) is 6.23. The Labute approximate surface area is 126 Å². The predicted octanol–water partition coefficient (Wildman–Crippen LogP) is 2.88. The molecule has 0 amide bonds. The Hall–Kier alpha value is -1.81. The third-order valence-electron chi connectivity index (χ3n) is 4.37. The Morgan fingerprint density at radius 2 is 2.24 bits per heavy atom. The monoisotopic (exact) mass is 284 g/mol. The van der Waals surface area contributed by atoms with Crippen molar-refractivity contribution in [3.8, 4) is 0 Å².